The van der Waals surface area contributed by atoms with Crippen LogP contribution in [0.2, 0.25) is 0 Å². The Balaban J connectivity index is 1.45. The van der Waals surface area contributed by atoms with E-state index in [-0.39, 0.29) is 5.41 Å². The Morgan fingerprint density at radius 3 is 2.24 bits per heavy atom. The van der Waals surface area contributed by atoms with Crippen LogP contribution in [-0.4, -0.2) is 10.9 Å². The van der Waals surface area contributed by atoms with Gasteiger partial charge in [0.2, 0.25) is 5.91 Å². The maximum atomic E-state index is 12.8. The van der Waals surface area contributed by atoms with Crippen LogP contribution in [0.25, 0.3) is 0 Å². The number of nitrogens with zero attached hydrogens (tertiary/aromatic N) is 1. The Hall–Kier alpha value is -0.900. The summed E-state index contributed by atoms with van der Waals surface area (Å²) in [5.41, 5.74) is 1.06. The third-order valence-corrected chi connectivity index (χ3v) is 7.07. The first-order chi connectivity index (χ1) is 10.0. The normalized spacial score (nSPS) is 37.0. The Bertz CT molecular complexity index is 523. The topological polar surface area (TPSA) is 42.0 Å². The van der Waals surface area contributed by atoms with E-state index in [1.54, 1.807) is 11.3 Å². The van der Waals surface area contributed by atoms with Crippen LogP contribution >= 0.6 is 11.3 Å². The van der Waals surface area contributed by atoms with E-state index in [0.717, 1.165) is 47.7 Å². The van der Waals surface area contributed by atoms with Crippen molar-refractivity contribution in [2.24, 2.45) is 23.2 Å². The summed E-state index contributed by atoms with van der Waals surface area (Å²) in [6, 6.07) is 0. The average Bonchev–Trinajstić information content (AvgIpc) is 2.73. The Kier molecular flexibility index (Phi) is 3.14. The molecule has 1 amide bonds. The van der Waals surface area contributed by atoms with Crippen molar-refractivity contribution in [1.29, 1.82) is 0 Å². The quantitative estimate of drug-likeness (QED) is 0.927. The first-order valence-corrected chi connectivity index (χ1v) is 9.07. The summed E-state index contributed by atoms with van der Waals surface area (Å²) in [5.74, 6) is 2.79. The lowest BCUT2D eigenvalue weighted by atomic mass is 9.49. The van der Waals surface area contributed by atoms with E-state index in [1.807, 2.05) is 6.92 Å². The summed E-state index contributed by atoms with van der Waals surface area (Å²) in [6.45, 7) is 4.74. The first kappa shape index (κ1) is 13.7. The molecule has 0 saturated heterocycles. The molecule has 0 radical (unpaired) electrons. The smallest absolute Gasteiger partial charge is 0.226 e. The molecule has 0 aromatic carbocycles. The van der Waals surface area contributed by atoms with Crippen molar-refractivity contribution in [3.63, 3.8) is 0 Å². The molecule has 1 heterocycles. The van der Waals surface area contributed by atoms with E-state index >= 15 is 0 Å². The molecule has 4 bridgehead atoms. The predicted octanol–water partition coefficient (Wildman–Crippen LogP) is 3.59. The van der Waals surface area contributed by atoms with Crippen molar-refractivity contribution in [2.75, 3.05) is 0 Å². The van der Waals surface area contributed by atoms with Crippen molar-refractivity contribution in [1.82, 2.24) is 10.3 Å². The van der Waals surface area contributed by atoms with E-state index in [9.17, 15) is 4.79 Å². The van der Waals surface area contributed by atoms with Crippen molar-refractivity contribution in [3.05, 3.63) is 15.6 Å². The number of carbonyl (C=O) groups is 1. The van der Waals surface area contributed by atoms with Gasteiger partial charge in [-0.05, 0) is 70.1 Å². The zero-order valence-corrected chi connectivity index (χ0v) is 13.8. The van der Waals surface area contributed by atoms with E-state index in [0.29, 0.717) is 12.5 Å². The Labute approximate surface area is 130 Å². The number of nitrogens with one attached hydrogen (secondary N) is 1. The SMILES string of the molecule is Cc1nc(CNC(=O)C23CC4CC(CC(C4)C2)C3)sc1C. The molecule has 1 N–H and O–H groups in total. The molecule has 4 saturated carbocycles. The van der Waals surface area contributed by atoms with Gasteiger partial charge in [0.1, 0.15) is 5.01 Å². The zero-order chi connectivity index (χ0) is 14.6. The van der Waals surface area contributed by atoms with Crippen LogP contribution < -0.4 is 5.32 Å². The van der Waals surface area contributed by atoms with Crippen molar-refractivity contribution < 1.29 is 4.79 Å². The molecule has 0 spiro atoms. The molecule has 4 heteroatoms. The predicted molar refractivity (Wildman–Crippen MR) is 84.0 cm³/mol. The highest BCUT2D eigenvalue weighted by Crippen LogP contribution is 2.60. The van der Waals surface area contributed by atoms with E-state index < -0.39 is 0 Å². The van der Waals surface area contributed by atoms with Crippen LogP contribution in [0, 0.1) is 37.0 Å². The molecule has 1 aromatic rings. The van der Waals surface area contributed by atoms with Crippen LogP contribution in [0.1, 0.15) is 54.1 Å². The van der Waals surface area contributed by atoms with Crippen LogP contribution in [0.5, 0.6) is 0 Å². The highest BCUT2D eigenvalue weighted by molar-refractivity contribution is 7.11. The number of rotatable bonds is 3. The molecule has 3 nitrogen and oxygen atoms in total. The summed E-state index contributed by atoms with van der Waals surface area (Å²) >= 11 is 1.71. The molecule has 4 aliphatic carbocycles. The number of aryl methyl sites for hydroxylation is 2. The van der Waals surface area contributed by atoms with Gasteiger partial charge in [0.05, 0.1) is 12.2 Å². The maximum Gasteiger partial charge on any atom is 0.226 e. The van der Waals surface area contributed by atoms with Crippen LogP contribution in [0.3, 0.4) is 0 Å². The van der Waals surface area contributed by atoms with Crippen LogP contribution in [0.15, 0.2) is 0 Å². The fraction of sp³-hybridized carbons (Fsp3) is 0.765. The van der Waals surface area contributed by atoms with Gasteiger partial charge in [-0.25, -0.2) is 4.98 Å². The van der Waals surface area contributed by atoms with Gasteiger partial charge in [0, 0.05) is 10.3 Å². The monoisotopic (exact) mass is 304 g/mol. The molecule has 1 aromatic heterocycles. The minimum absolute atomic E-state index is 0.0316. The van der Waals surface area contributed by atoms with Gasteiger partial charge in [-0.2, -0.15) is 0 Å². The second-order valence-corrected chi connectivity index (χ2v) is 8.92. The number of aromatic nitrogens is 1. The van der Waals surface area contributed by atoms with Gasteiger partial charge in [0.15, 0.2) is 0 Å². The fourth-order valence-electron chi connectivity index (χ4n) is 5.35. The maximum absolute atomic E-state index is 12.8. The van der Waals surface area contributed by atoms with Crippen LogP contribution in [0.4, 0.5) is 0 Å². The molecule has 4 aliphatic rings. The van der Waals surface area contributed by atoms with Crippen molar-refractivity contribution in [2.45, 2.75) is 58.9 Å². The third-order valence-electron chi connectivity index (χ3n) is 5.99. The minimum Gasteiger partial charge on any atom is -0.349 e. The highest BCUT2D eigenvalue weighted by atomic mass is 32.1. The first-order valence-electron chi connectivity index (χ1n) is 8.25. The lowest BCUT2D eigenvalue weighted by Gasteiger charge is -2.55. The summed E-state index contributed by atoms with van der Waals surface area (Å²) in [5, 5.41) is 4.25. The second kappa shape index (κ2) is 4.80. The Morgan fingerprint density at radius 1 is 1.19 bits per heavy atom. The number of carbonyl (C=O) groups excluding carboxylic acids is 1. The second-order valence-electron chi connectivity index (χ2n) is 7.63. The summed E-state index contributed by atoms with van der Waals surface area (Å²) < 4.78 is 0. The van der Waals surface area contributed by atoms with Gasteiger partial charge in [-0.15, -0.1) is 11.3 Å². The average molecular weight is 304 g/mol. The number of amides is 1. The van der Waals surface area contributed by atoms with E-state index in [1.165, 1.54) is 24.1 Å². The summed E-state index contributed by atoms with van der Waals surface area (Å²) in [6.07, 6.45) is 7.58. The molecule has 21 heavy (non-hydrogen) atoms. The lowest BCUT2D eigenvalue weighted by molar-refractivity contribution is -0.146. The number of thiazole rings is 1. The van der Waals surface area contributed by atoms with Gasteiger partial charge >= 0.3 is 0 Å². The van der Waals surface area contributed by atoms with Crippen LogP contribution in [-0.2, 0) is 11.3 Å². The highest BCUT2D eigenvalue weighted by Gasteiger charge is 2.54. The molecule has 5 rings (SSSR count). The molecule has 4 fully saturated rings. The van der Waals surface area contributed by atoms with Gasteiger partial charge in [-0.1, -0.05) is 0 Å². The van der Waals surface area contributed by atoms with E-state index in [4.69, 9.17) is 0 Å². The fourth-order valence-corrected chi connectivity index (χ4v) is 6.22. The molecular weight excluding hydrogens is 280 g/mol. The number of hydrogen-bond donors (Lipinski definition) is 1. The van der Waals surface area contributed by atoms with E-state index in [2.05, 4.69) is 17.2 Å². The van der Waals surface area contributed by atoms with Crippen molar-refractivity contribution >= 4 is 17.2 Å². The zero-order valence-electron chi connectivity index (χ0n) is 12.9. The molecular formula is C17H24N2OS. The molecule has 114 valence electrons. The summed E-state index contributed by atoms with van der Waals surface area (Å²) in [4.78, 5) is 18.6. The number of hydrogen-bond acceptors (Lipinski definition) is 3. The largest absolute Gasteiger partial charge is 0.349 e. The van der Waals surface area contributed by atoms with Gasteiger partial charge in [0.25, 0.3) is 0 Å². The van der Waals surface area contributed by atoms with Crippen molar-refractivity contribution in [3.8, 4) is 0 Å². The standard InChI is InChI=1S/C17H24N2OS/c1-10-11(2)21-15(19-10)9-18-16(20)17-6-12-3-13(7-17)5-14(4-12)8-17/h12-14H,3-9H2,1-2H3,(H,18,20). The van der Waals surface area contributed by atoms with Gasteiger partial charge < -0.3 is 5.32 Å². The lowest BCUT2D eigenvalue weighted by Crippen LogP contribution is -2.53. The molecule has 0 unspecified atom stereocenters. The molecule has 0 aliphatic heterocycles. The summed E-state index contributed by atoms with van der Waals surface area (Å²) in [7, 11) is 0. The minimum atomic E-state index is -0.0316. The Morgan fingerprint density at radius 2 is 1.76 bits per heavy atom. The van der Waals surface area contributed by atoms with Gasteiger partial charge in [-0.3, -0.25) is 4.79 Å². The third kappa shape index (κ3) is 2.32. The molecule has 0 atom stereocenters.